The number of nitrogens with zero attached hydrogens (tertiary/aromatic N) is 3. The van der Waals surface area contributed by atoms with Gasteiger partial charge in [0.15, 0.2) is 5.82 Å². The van der Waals surface area contributed by atoms with E-state index in [4.69, 9.17) is 16.1 Å². The van der Waals surface area contributed by atoms with Crippen molar-refractivity contribution in [1.29, 1.82) is 0 Å². The third-order valence-electron chi connectivity index (χ3n) is 4.01. The van der Waals surface area contributed by atoms with Crippen molar-refractivity contribution in [2.24, 2.45) is 0 Å². The Kier molecular flexibility index (Phi) is 2.96. The maximum atomic E-state index is 12.3. The molecule has 1 aromatic carbocycles. The van der Waals surface area contributed by atoms with Gasteiger partial charge in [-0.25, -0.2) is 0 Å². The molecule has 1 aromatic heterocycles. The van der Waals surface area contributed by atoms with Crippen molar-refractivity contribution in [1.82, 2.24) is 15.0 Å². The van der Waals surface area contributed by atoms with Gasteiger partial charge in [-0.3, -0.25) is 4.79 Å². The van der Waals surface area contributed by atoms with Crippen LogP contribution in [0.2, 0.25) is 5.02 Å². The Morgan fingerprint density at radius 1 is 1.19 bits per heavy atom. The summed E-state index contributed by atoms with van der Waals surface area (Å²) in [6.45, 7) is 1.27. The van der Waals surface area contributed by atoms with E-state index in [2.05, 4.69) is 10.1 Å². The van der Waals surface area contributed by atoms with Gasteiger partial charge in [-0.15, -0.1) is 0 Å². The fourth-order valence-electron chi connectivity index (χ4n) is 2.50. The fourth-order valence-corrected chi connectivity index (χ4v) is 2.62. The van der Waals surface area contributed by atoms with Gasteiger partial charge in [0, 0.05) is 29.6 Å². The summed E-state index contributed by atoms with van der Waals surface area (Å²) in [6, 6.07) is 6.95. The molecule has 1 aliphatic carbocycles. The molecular weight excluding hydrogens is 290 g/mol. The lowest BCUT2D eigenvalue weighted by Gasteiger charge is -2.37. The van der Waals surface area contributed by atoms with Gasteiger partial charge in [0.1, 0.15) is 0 Å². The van der Waals surface area contributed by atoms with Crippen LogP contribution >= 0.6 is 11.6 Å². The van der Waals surface area contributed by atoms with Crippen molar-refractivity contribution in [2.75, 3.05) is 13.1 Å². The average Bonchev–Trinajstić information content (AvgIpc) is 3.18. The zero-order valence-corrected chi connectivity index (χ0v) is 12.1. The second-order valence-electron chi connectivity index (χ2n) is 5.68. The lowest BCUT2D eigenvalue weighted by Crippen LogP contribution is -2.48. The lowest BCUT2D eigenvalue weighted by atomic mass is 9.99. The van der Waals surface area contributed by atoms with Gasteiger partial charge in [-0.2, -0.15) is 4.98 Å². The summed E-state index contributed by atoms with van der Waals surface area (Å²) < 4.78 is 5.30. The molecule has 2 heterocycles. The van der Waals surface area contributed by atoms with Crippen LogP contribution in [0, 0.1) is 0 Å². The maximum absolute atomic E-state index is 12.3. The Balaban J connectivity index is 1.39. The van der Waals surface area contributed by atoms with E-state index in [9.17, 15) is 4.79 Å². The molecule has 0 spiro atoms. The highest BCUT2D eigenvalue weighted by atomic mass is 35.5. The van der Waals surface area contributed by atoms with Crippen LogP contribution < -0.4 is 0 Å². The molecule has 5 nitrogen and oxygen atoms in total. The molecule has 0 N–H and O–H groups in total. The van der Waals surface area contributed by atoms with E-state index in [0.717, 1.165) is 18.7 Å². The van der Waals surface area contributed by atoms with Gasteiger partial charge in [0.05, 0.1) is 5.92 Å². The first-order chi connectivity index (χ1) is 10.2. The molecule has 0 atom stereocenters. The standard InChI is InChI=1S/C15H14ClN3O2/c16-12-5-3-10(4-6-12)15(20)19-7-11(8-19)14-17-13(18-21-14)9-1-2-9/h3-6,9,11H,1-2,7-8H2. The average molecular weight is 304 g/mol. The molecule has 4 rings (SSSR count). The number of carbonyl (C=O) groups excluding carboxylic acids is 1. The number of halogens is 1. The normalized spacial score (nSPS) is 18.6. The molecule has 1 amide bonds. The zero-order valence-electron chi connectivity index (χ0n) is 11.3. The van der Waals surface area contributed by atoms with Crippen LogP contribution in [0.3, 0.4) is 0 Å². The van der Waals surface area contributed by atoms with Crippen LogP contribution in [0.5, 0.6) is 0 Å². The third kappa shape index (κ3) is 2.42. The van der Waals surface area contributed by atoms with Crippen LogP contribution in [0.1, 0.15) is 46.8 Å². The monoisotopic (exact) mass is 303 g/mol. The molecule has 1 saturated heterocycles. The smallest absolute Gasteiger partial charge is 0.253 e. The largest absolute Gasteiger partial charge is 0.339 e. The van der Waals surface area contributed by atoms with Crippen molar-refractivity contribution in [3.63, 3.8) is 0 Å². The van der Waals surface area contributed by atoms with Crippen LogP contribution in [0.25, 0.3) is 0 Å². The predicted octanol–water partition coefficient (Wildman–Crippen LogP) is 2.84. The minimum atomic E-state index is 0.0184. The minimum Gasteiger partial charge on any atom is -0.339 e. The second kappa shape index (κ2) is 4.84. The van der Waals surface area contributed by atoms with E-state index in [1.807, 2.05) is 0 Å². The van der Waals surface area contributed by atoms with E-state index < -0.39 is 0 Å². The van der Waals surface area contributed by atoms with Crippen LogP contribution in [-0.4, -0.2) is 34.0 Å². The van der Waals surface area contributed by atoms with Crippen molar-refractivity contribution < 1.29 is 9.32 Å². The first-order valence-corrected chi connectivity index (χ1v) is 7.47. The zero-order chi connectivity index (χ0) is 14.4. The second-order valence-corrected chi connectivity index (χ2v) is 6.12. The first-order valence-electron chi connectivity index (χ1n) is 7.09. The number of hydrogen-bond donors (Lipinski definition) is 0. The summed E-state index contributed by atoms with van der Waals surface area (Å²) in [4.78, 5) is 18.5. The number of aromatic nitrogens is 2. The summed E-state index contributed by atoms with van der Waals surface area (Å²) >= 11 is 5.83. The molecule has 1 saturated carbocycles. The molecule has 0 radical (unpaired) electrons. The summed E-state index contributed by atoms with van der Waals surface area (Å²) in [7, 11) is 0. The molecule has 0 bridgehead atoms. The Morgan fingerprint density at radius 2 is 1.90 bits per heavy atom. The highest BCUT2D eigenvalue weighted by Gasteiger charge is 2.37. The van der Waals surface area contributed by atoms with Crippen molar-refractivity contribution >= 4 is 17.5 Å². The van der Waals surface area contributed by atoms with Crippen molar-refractivity contribution in [3.8, 4) is 0 Å². The Labute approximate surface area is 126 Å². The Hall–Kier alpha value is -1.88. The number of likely N-dealkylation sites (tertiary alicyclic amines) is 1. The molecule has 1 aliphatic heterocycles. The lowest BCUT2D eigenvalue weighted by molar-refractivity contribution is 0.0569. The van der Waals surface area contributed by atoms with E-state index in [-0.39, 0.29) is 11.8 Å². The summed E-state index contributed by atoms with van der Waals surface area (Å²) in [5.41, 5.74) is 0.655. The van der Waals surface area contributed by atoms with Gasteiger partial charge < -0.3 is 9.42 Å². The van der Waals surface area contributed by atoms with E-state index in [1.54, 1.807) is 29.2 Å². The molecule has 2 aliphatic rings. The van der Waals surface area contributed by atoms with Crippen LogP contribution in [-0.2, 0) is 0 Å². The van der Waals surface area contributed by atoms with Gasteiger partial charge in [-0.05, 0) is 37.1 Å². The number of carbonyl (C=O) groups is 1. The van der Waals surface area contributed by atoms with Crippen molar-refractivity contribution in [3.05, 3.63) is 46.6 Å². The minimum absolute atomic E-state index is 0.0184. The predicted molar refractivity (Wildman–Crippen MR) is 76.4 cm³/mol. The van der Waals surface area contributed by atoms with Gasteiger partial charge in [0.25, 0.3) is 5.91 Å². The molecule has 0 unspecified atom stereocenters. The number of amides is 1. The molecule has 108 valence electrons. The SMILES string of the molecule is O=C(c1ccc(Cl)cc1)N1CC(c2nc(C3CC3)no2)C1. The Bertz CT molecular complexity index is 672. The molecule has 6 heteroatoms. The molecule has 2 fully saturated rings. The highest BCUT2D eigenvalue weighted by Crippen LogP contribution is 2.39. The Morgan fingerprint density at radius 3 is 2.57 bits per heavy atom. The molecular formula is C15H14ClN3O2. The summed E-state index contributed by atoms with van der Waals surface area (Å²) in [5.74, 6) is 2.17. The molecule has 21 heavy (non-hydrogen) atoms. The van der Waals surface area contributed by atoms with Crippen LogP contribution in [0.4, 0.5) is 0 Å². The van der Waals surface area contributed by atoms with Gasteiger partial charge in [-0.1, -0.05) is 16.8 Å². The summed E-state index contributed by atoms with van der Waals surface area (Å²) in [5, 5.41) is 4.65. The van der Waals surface area contributed by atoms with E-state index in [1.165, 1.54) is 0 Å². The number of benzene rings is 1. The van der Waals surface area contributed by atoms with Crippen molar-refractivity contribution in [2.45, 2.75) is 24.7 Å². The van der Waals surface area contributed by atoms with E-state index >= 15 is 0 Å². The number of hydrogen-bond acceptors (Lipinski definition) is 4. The van der Waals surface area contributed by atoms with E-state index in [0.29, 0.717) is 35.5 Å². The van der Waals surface area contributed by atoms with Gasteiger partial charge in [0.2, 0.25) is 5.89 Å². The quantitative estimate of drug-likeness (QED) is 0.875. The first kappa shape index (κ1) is 12.8. The third-order valence-corrected chi connectivity index (χ3v) is 4.26. The summed E-state index contributed by atoms with van der Waals surface area (Å²) in [6.07, 6.45) is 2.32. The molecule has 2 aromatic rings. The fraction of sp³-hybridized carbons (Fsp3) is 0.400. The van der Waals surface area contributed by atoms with Crippen LogP contribution in [0.15, 0.2) is 28.8 Å². The topological polar surface area (TPSA) is 59.2 Å². The highest BCUT2D eigenvalue weighted by molar-refractivity contribution is 6.30. The number of rotatable bonds is 3. The van der Waals surface area contributed by atoms with Gasteiger partial charge >= 0.3 is 0 Å². The maximum Gasteiger partial charge on any atom is 0.253 e.